The molecule has 2 aromatic carbocycles. The standard InChI is InChI=1S/C17H16FN3O3/c18-13-7-5-12(6-8-13)11-20-10-9-15(17(20)22)19-14-3-1-2-4-16(14)21(23)24/h1-8,15,19H,9-11H2. The van der Waals surface area contributed by atoms with E-state index in [1.807, 2.05) is 0 Å². The molecule has 24 heavy (non-hydrogen) atoms. The van der Waals surface area contributed by atoms with Crippen LogP contribution < -0.4 is 5.32 Å². The number of hydrogen-bond acceptors (Lipinski definition) is 4. The Kier molecular flexibility index (Phi) is 4.41. The van der Waals surface area contributed by atoms with Crippen molar-refractivity contribution in [3.8, 4) is 0 Å². The Morgan fingerprint density at radius 1 is 1.21 bits per heavy atom. The number of hydrogen-bond donors (Lipinski definition) is 1. The van der Waals surface area contributed by atoms with E-state index < -0.39 is 11.0 Å². The van der Waals surface area contributed by atoms with Gasteiger partial charge >= 0.3 is 0 Å². The monoisotopic (exact) mass is 329 g/mol. The molecule has 1 N–H and O–H groups in total. The van der Waals surface area contributed by atoms with Crippen molar-refractivity contribution in [2.45, 2.75) is 19.0 Å². The predicted octanol–water partition coefficient (Wildman–Crippen LogP) is 2.95. The maximum atomic E-state index is 12.9. The predicted molar refractivity (Wildman–Crippen MR) is 86.9 cm³/mol. The highest BCUT2D eigenvalue weighted by Crippen LogP contribution is 2.26. The fourth-order valence-corrected chi connectivity index (χ4v) is 2.78. The number of anilines is 1. The maximum Gasteiger partial charge on any atom is 0.292 e. The first kappa shape index (κ1) is 15.9. The molecule has 0 aromatic heterocycles. The summed E-state index contributed by atoms with van der Waals surface area (Å²) in [5.74, 6) is -0.431. The summed E-state index contributed by atoms with van der Waals surface area (Å²) >= 11 is 0. The molecule has 0 saturated carbocycles. The fourth-order valence-electron chi connectivity index (χ4n) is 2.78. The van der Waals surface area contributed by atoms with Crippen molar-refractivity contribution in [2.24, 2.45) is 0 Å². The van der Waals surface area contributed by atoms with Gasteiger partial charge in [-0.2, -0.15) is 0 Å². The van der Waals surface area contributed by atoms with E-state index >= 15 is 0 Å². The van der Waals surface area contributed by atoms with Crippen LogP contribution in [0.2, 0.25) is 0 Å². The second-order valence-electron chi connectivity index (χ2n) is 5.65. The summed E-state index contributed by atoms with van der Waals surface area (Å²) in [6, 6.07) is 11.8. The Balaban J connectivity index is 1.68. The van der Waals surface area contributed by atoms with Crippen molar-refractivity contribution in [2.75, 3.05) is 11.9 Å². The van der Waals surface area contributed by atoms with Crippen molar-refractivity contribution in [1.29, 1.82) is 0 Å². The Morgan fingerprint density at radius 3 is 2.62 bits per heavy atom. The average molecular weight is 329 g/mol. The van der Waals surface area contributed by atoms with Gasteiger partial charge in [0.25, 0.3) is 5.69 Å². The van der Waals surface area contributed by atoms with E-state index in [4.69, 9.17) is 0 Å². The Labute approximate surface area is 138 Å². The topological polar surface area (TPSA) is 75.5 Å². The lowest BCUT2D eigenvalue weighted by molar-refractivity contribution is -0.384. The number of amides is 1. The summed E-state index contributed by atoms with van der Waals surface area (Å²) < 4.78 is 12.9. The Bertz CT molecular complexity index is 764. The van der Waals surface area contributed by atoms with Gasteiger partial charge in [-0.3, -0.25) is 14.9 Å². The van der Waals surface area contributed by atoms with E-state index in [1.165, 1.54) is 18.2 Å². The van der Waals surface area contributed by atoms with Crippen LogP contribution in [0.25, 0.3) is 0 Å². The van der Waals surface area contributed by atoms with Crippen LogP contribution in [0.5, 0.6) is 0 Å². The smallest absolute Gasteiger partial charge is 0.292 e. The first-order valence-electron chi connectivity index (χ1n) is 7.58. The second-order valence-corrected chi connectivity index (χ2v) is 5.65. The van der Waals surface area contributed by atoms with E-state index in [9.17, 15) is 19.3 Å². The van der Waals surface area contributed by atoms with Crippen LogP contribution in [0, 0.1) is 15.9 Å². The first-order valence-corrected chi connectivity index (χ1v) is 7.58. The molecule has 0 spiro atoms. The molecule has 6 nitrogen and oxygen atoms in total. The first-order chi connectivity index (χ1) is 11.5. The zero-order chi connectivity index (χ0) is 17.1. The van der Waals surface area contributed by atoms with Gasteiger partial charge in [-0.1, -0.05) is 24.3 Å². The van der Waals surface area contributed by atoms with Gasteiger partial charge in [-0.05, 0) is 30.2 Å². The minimum absolute atomic E-state index is 0.0534. The largest absolute Gasteiger partial charge is 0.368 e. The van der Waals surface area contributed by atoms with Gasteiger partial charge < -0.3 is 10.2 Å². The normalized spacial score (nSPS) is 17.1. The molecule has 0 aliphatic carbocycles. The lowest BCUT2D eigenvalue weighted by Gasteiger charge is -2.17. The molecular formula is C17H16FN3O3. The number of halogens is 1. The maximum absolute atomic E-state index is 12.9. The third-order valence-corrected chi connectivity index (χ3v) is 4.01. The van der Waals surface area contributed by atoms with Crippen molar-refractivity contribution >= 4 is 17.3 Å². The third kappa shape index (κ3) is 3.34. The lowest BCUT2D eigenvalue weighted by atomic mass is 10.2. The van der Waals surface area contributed by atoms with Crippen molar-refractivity contribution < 1.29 is 14.1 Å². The molecular weight excluding hydrogens is 313 g/mol. The van der Waals surface area contributed by atoms with Gasteiger partial charge in [0, 0.05) is 19.2 Å². The third-order valence-electron chi connectivity index (χ3n) is 4.01. The van der Waals surface area contributed by atoms with Crippen molar-refractivity contribution in [3.05, 3.63) is 70.0 Å². The van der Waals surface area contributed by atoms with Crippen molar-refractivity contribution in [1.82, 2.24) is 4.90 Å². The number of carbonyl (C=O) groups excluding carboxylic acids is 1. The molecule has 1 saturated heterocycles. The zero-order valence-corrected chi connectivity index (χ0v) is 12.8. The molecule has 1 fully saturated rings. The number of nitro groups is 1. The molecule has 1 amide bonds. The van der Waals surface area contributed by atoms with Crippen LogP contribution in [0.15, 0.2) is 48.5 Å². The molecule has 1 aliphatic heterocycles. The summed E-state index contributed by atoms with van der Waals surface area (Å²) in [6.07, 6.45) is 0.562. The lowest BCUT2D eigenvalue weighted by Crippen LogP contribution is -2.33. The van der Waals surface area contributed by atoms with Crippen LogP contribution in [0.4, 0.5) is 15.8 Å². The summed E-state index contributed by atoms with van der Waals surface area (Å²) in [4.78, 5) is 24.7. The number of nitrogens with zero attached hydrogens (tertiary/aromatic N) is 2. The summed E-state index contributed by atoms with van der Waals surface area (Å²) in [5.41, 5.74) is 1.13. The minimum atomic E-state index is -0.494. The Hall–Kier alpha value is -2.96. The van der Waals surface area contributed by atoms with Crippen LogP contribution in [0.1, 0.15) is 12.0 Å². The van der Waals surface area contributed by atoms with Crippen LogP contribution >= 0.6 is 0 Å². The number of carbonyl (C=O) groups is 1. The molecule has 0 radical (unpaired) electrons. The number of likely N-dealkylation sites (tertiary alicyclic amines) is 1. The van der Waals surface area contributed by atoms with E-state index in [1.54, 1.807) is 35.2 Å². The second kappa shape index (κ2) is 6.66. The highest BCUT2D eigenvalue weighted by Gasteiger charge is 2.32. The van der Waals surface area contributed by atoms with Gasteiger partial charge in [-0.15, -0.1) is 0 Å². The van der Waals surface area contributed by atoms with Gasteiger partial charge in [-0.25, -0.2) is 4.39 Å². The van der Waals surface area contributed by atoms with E-state index in [2.05, 4.69) is 5.32 Å². The van der Waals surface area contributed by atoms with Gasteiger partial charge in [0.15, 0.2) is 0 Å². The Morgan fingerprint density at radius 2 is 1.92 bits per heavy atom. The van der Waals surface area contributed by atoms with Crippen LogP contribution in [-0.2, 0) is 11.3 Å². The molecule has 1 atom stereocenters. The SMILES string of the molecule is O=C1C(Nc2ccccc2[N+](=O)[O-])CCN1Cc1ccc(F)cc1. The molecule has 1 aliphatic rings. The molecule has 1 unspecified atom stereocenters. The van der Waals surface area contributed by atoms with E-state index in [0.29, 0.717) is 25.2 Å². The highest BCUT2D eigenvalue weighted by atomic mass is 19.1. The minimum Gasteiger partial charge on any atom is -0.368 e. The van der Waals surface area contributed by atoms with Crippen molar-refractivity contribution in [3.63, 3.8) is 0 Å². The fraction of sp³-hybridized carbons (Fsp3) is 0.235. The molecule has 1 heterocycles. The molecule has 3 rings (SSSR count). The number of para-hydroxylation sites is 2. The van der Waals surface area contributed by atoms with Gasteiger partial charge in [0.05, 0.1) is 4.92 Å². The zero-order valence-electron chi connectivity index (χ0n) is 12.8. The van der Waals surface area contributed by atoms with Gasteiger partial charge in [0.2, 0.25) is 5.91 Å². The number of nitrogens with one attached hydrogen (secondary N) is 1. The summed E-state index contributed by atoms with van der Waals surface area (Å²) in [5, 5.41) is 14.0. The molecule has 124 valence electrons. The molecule has 7 heteroatoms. The number of nitro benzene ring substituents is 1. The van der Waals surface area contributed by atoms with Crippen LogP contribution in [-0.4, -0.2) is 28.3 Å². The van der Waals surface area contributed by atoms with Gasteiger partial charge in [0.1, 0.15) is 17.5 Å². The van der Waals surface area contributed by atoms with E-state index in [-0.39, 0.29) is 17.4 Å². The molecule has 0 bridgehead atoms. The summed E-state index contributed by atoms with van der Waals surface area (Å²) in [6.45, 7) is 0.947. The van der Waals surface area contributed by atoms with Crippen LogP contribution in [0.3, 0.4) is 0 Å². The summed E-state index contributed by atoms with van der Waals surface area (Å²) in [7, 11) is 0. The number of rotatable bonds is 5. The average Bonchev–Trinajstić information content (AvgIpc) is 2.90. The molecule has 2 aromatic rings. The number of benzene rings is 2. The highest BCUT2D eigenvalue weighted by molar-refractivity contribution is 5.87. The van der Waals surface area contributed by atoms with E-state index in [0.717, 1.165) is 5.56 Å². The quantitative estimate of drug-likeness (QED) is 0.676.